The van der Waals surface area contributed by atoms with Crippen LogP contribution >= 0.6 is 0 Å². The van der Waals surface area contributed by atoms with Crippen LogP contribution in [0, 0.1) is 0 Å². The molecular formula is C11H19N3. The van der Waals surface area contributed by atoms with Gasteiger partial charge in [-0.15, -0.1) is 0 Å². The predicted octanol–water partition coefficient (Wildman–Crippen LogP) is 1.43. The van der Waals surface area contributed by atoms with Crippen molar-refractivity contribution in [3.63, 3.8) is 0 Å². The normalized spacial score (nSPS) is 12.6. The number of likely N-dealkylation sites (N-methyl/N-ethyl adjacent to an activating group) is 1. The maximum Gasteiger partial charge on any atom is 0.0421 e. The maximum absolute atomic E-state index is 5.62. The van der Waals surface area contributed by atoms with Crippen molar-refractivity contribution in [2.24, 2.45) is 5.73 Å². The Bertz CT molecular complexity index is 286. The highest BCUT2D eigenvalue weighted by Gasteiger charge is 2.08. The Morgan fingerprint density at radius 2 is 2.29 bits per heavy atom. The van der Waals surface area contributed by atoms with E-state index in [1.165, 1.54) is 5.69 Å². The van der Waals surface area contributed by atoms with Crippen LogP contribution in [-0.2, 0) is 6.42 Å². The van der Waals surface area contributed by atoms with Gasteiger partial charge in [0.25, 0.3) is 0 Å². The fraction of sp³-hybridized carbons (Fsp3) is 0.545. The van der Waals surface area contributed by atoms with Crippen LogP contribution in [0.4, 0.5) is 5.69 Å². The third kappa shape index (κ3) is 2.45. The van der Waals surface area contributed by atoms with E-state index in [0.29, 0.717) is 12.6 Å². The molecule has 0 saturated heterocycles. The van der Waals surface area contributed by atoms with Crippen molar-refractivity contribution >= 4 is 5.69 Å². The molecule has 0 aliphatic heterocycles. The van der Waals surface area contributed by atoms with Crippen LogP contribution in [0.15, 0.2) is 18.3 Å². The fourth-order valence-corrected chi connectivity index (χ4v) is 1.29. The molecule has 3 nitrogen and oxygen atoms in total. The van der Waals surface area contributed by atoms with Crippen LogP contribution < -0.4 is 10.6 Å². The molecule has 1 unspecified atom stereocenters. The number of aryl methyl sites for hydroxylation is 1. The third-order valence-corrected chi connectivity index (χ3v) is 2.57. The Balaban J connectivity index is 2.83. The summed E-state index contributed by atoms with van der Waals surface area (Å²) in [6, 6.07) is 4.50. The molecule has 0 spiro atoms. The summed E-state index contributed by atoms with van der Waals surface area (Å²) in [6.07, 6.45) is 2.83. The van der Waals surface area contributed by atoms with Crippen molar-refractivity contribution in [3.05, 3.63) is 24.0 Å². The monoisotopic (exact) mass is 193 g/mol. The van der Waals surface area contributed by atoms with Crippen LogP contribution in [0.1, 0.15) is 19.5 Å². The number of rotatable bonds is 4. The van der Waals surface area contributed by atoms with E-state index in [9.17, 15) is 0 Å². The van der Waals surface area contributed by atoms with E-state index in [-0.39, 0.29) is 0 Å². The highest BCUT2D eigenvalue weighted by Crippen LogP contribution is 2.15. The molecule has 1 aromatic heterocycles. The third-order valence-electron chi connectivity index (χ3n) is 2.57. The molecule has 0 bridgehead atoms. The Kier molecular flexibility index (Phi) is 3.89. The molecule has 78 valence electrons. The van der Waals surface area contributed by atoms with Gasteiger partial charge in [0.2, 0.25) is 0 Å². The number of hydrogen-bond acceptors (Lipinski definition) is 3. The smallest absolute Gasteiger partial charge is 0.0421 e. The Hall–Kier alpha value is -1.09. The molecule has 0 radical (unpaired) electrons. The molecule has 2 N–H and O–H groups in total. The molecule has 0 aliphatic carbocycles. The topological polar surface area (TPSA) is 42.1 Å². The molecule has 0 saturated carbocycles. The van der Waals surface area contributed by atoms with Gasteiger partial charge in [-0.25, -0.2) is 0 Å². The lowest BCUT2D eigenvalue weighted by atomic mass is 10.2. The van der Waals surface area contributed by atoms with Crippen LogP contribution in [0.3, 0.4) is 0 Å². The van der Waals surface area contributed by atoms with E-state index in [2.05, 4.69) is 36.8 Å². The number of aromatic nitrogens is 1. The van der Waals surface area contributed by atoms with Gasteiger partial charge in [0.05, 0.1) is 0 Å². The van der Waals surface area contributed by atoms with Gasteiger partial charge in [-0.05, 0) is 25.5 Å². The second kappa shape index (κ2) is 4.96. The lowest BCUT2D eigenvalue weighted by Crippen LogP contribution is -2.35. The van der Waals surface area contributed by atoms with E-state index in [1.807, 2.05) is 12.3 Å². The number of nitrogens with two attached hydrogens (primary N) is 1. The first-order chi connectivity index (χ1) is 6.69. The molecule has 1 atom stereocenters. The number of nitrogens with zero attached hydrogens (tertiary/aromatic N) is 2. The quantitative estimate of drug-likeness (QED) is 0.786. The molecule has 0 fully saturated rings. The van der Waals surface area contributed by atoms with Crippen molar-refractivity contribution in [1.29, 1.82) is 0 Å². The molecule has 1 rings (SSSR count). The lowest BCUT2D eigenvalue weighted by molar-refractivity contribution is 0.694. The summed E-state index contributed by atoms with van der Waals surface area (Å²) in [6.45, 7) is 4.89. The summed E-state index contributed by atoms with van der Waals surface area (Å²) in [7, 11) is 2.06. The Labute approximate surface area is 85.9 Å². The summed E-state index contributed by atoms with van der Waals surface area (Å²) in [5.41, 5.74) is 7.94. The zero-order chi connectivity index (χ0) is 10.6. The summed E-state index contributed by atoms with van der Waals surface area (Å²) in [5.74, 6) is 0. The van der Waals surface area contributed by atoms with Gasteiger partial charge >= 0.3 is 0 Å². The molecule has 0 aromatic carbocycles. The van der Waals surface area contributed by atoms with E-state index in [4.69, 9.17) is 5.73 Å². The van der Waals surface area contributed by atoms with Crippen LogP contribution in [0.5, 0.6) is 0 Å². The zero-order valence-corrected chi connectivity index (χ0v) is 9.20. The minimum absolute atomic E-state index is 0.363. The van der Waals surface area contributed by atoms with Gasteiger partial charge in [-0.1, -0.05) is 6.92 Å². The Morgan fingerprint density at radius 1 is 1.57 bits per heavy atom. The minimum atomic E-state index is 0.363. The summed E-state index contributed by atoms with van der Waals surface area (Å²) in [4.78, 5) is 6.45. The van der Waals surface area contributed by atoms with Crippen molar-refractivity contribution in [2.45, 2.75) is 26.3 Å². The van der Waals surface area contributed by atoms with Crippen molar-refractivity contribution in [1.82, 2.24) is 4.98 Å². The summed E-state index contributed by atoms with van der Waals surface area (Å²) >= 11 is 0. The average molecular weight is 193 g/mol. The number of anilines is 1. The van der Waals surface area contributed by atoms with Crippen molar-refractivity contribution in [3.8, 4) is 0 Å². The van der Waals surface area contributed by atoms with Crippen LogP contribution in [0.2, 0.25) is 0 Å². The van der Waals surface area contributed by atoms with E-state index in [0.717, 1.165) is 12.1 Å². The predicted molar refractivity (Wildman–Crippen MR) is 60.5 cm³/mol. The maximum atomic E-state index is 5.62. The molecule has 3 heteroatoms. The molecule has 0 amide bonds. The second-order valence-corrected chi connectivity index (χ2v) is 3.55. The van der Waals surface area contributed by atoms with Crippen molar-refractivity contribution < 1.29 is 0 Å². The standard InChI is InChI=1S/C11H19N3/c1-4-10-7-11(5-6-13-10)14(3)9(2)8-12/h5-7,9H,4,8,12H2,1-3H3. The second-order valence-electron chi connectivity index (χ2n) is 3.55. The number of pyridine rings is 1. The SMILES string of the molecule is CCc1cc(N(C)C(C)CN)ccn1. The van der Waals surface area contributed by atoms with E-state index < -0.39 is 0 Å². The average Bonchev–Trinajstić information content (AvgIpc) is 2.27. The molecular weight excluding hydrogens is 174 g/mol. The molecule has 1 heterocycles. The van der Waals surface area contributed by atoms with Gasteiger partial charge < -0.3 is 10.6 Å². The Morgan fingerprint density at radius 3 is 2.86 bits per heavy atom. The van der Waals surface area contributed by atoms with Gasteiger partial charge in [-0.2, -0.15) is 0 Å². The largest absolute Gasteiger partial charge is 0.371 e. The van der Waals surface area contributed by atoms with E-state index in [1.54, 1.807) is 0 Å². The fourth-order valence-electron chi connectivity index (χ4n) is 1.29. The van der Waals surface area contributed by atoms with Gasteiger partial charge in [0, 0.05) is 37.2 Å². The molecule has 14 heavy (non-hydrogen) atoms. The van der Waals surface area contributed by atoms with Gasteiger partial charge in [-0.3, -0.25) is 4.98 Å². The van der Waals surface area contributed by atoms with E-state index >= 15 is 0 Å². The molecule has 1 aromatic rings. The first-order valence-corrected chi connectivity index (χ1v) is 5.06. The highest BCUT2D eigenvalue weighted by molar-refractivity contribution is 5.46. The van der Waals surface area contributed by atoms with Gasteiger partial charge in [0.1, 0.15) is 0 Å². The summed E-state index contributed by atoms with van der Waals surface area (Å²) < 4.78 is 0. The zero-order valence-electron chi connectivity index (χ0n) is 9.20. The minimum Gasteiger partial charge on any atom is -0.371 e. The first kappa shape index (κ1) is 11.0. The van der Waals surface area contributed by atoms with Crippen LogP contribution in [0.25, 0.3) is 0 Å². The number of hydrogen-bond donors (Lipinski definition) is 1. The highest BCUT2D eigenvalue weighted by atomic mass is 15.1. The van der Waals surface area contributed by atoms with Crippen LogP contribution in [-0.4, -0.2) is 24.6 Å². The molecule has 0 aliphatic rings. The first-order valence-electron chi connectivity index (χ1n) is 5.06. The summed E-state index contributed by atoms with van der Waals surface area (Å²) in [5, 5.41) is 0. The lowest BCUT2D eigenvalue weighted by Gasteiger charge is -2.25. The van der Waals surface area contributed by atoms with Crippen molar-refractivity contribution in [2.75, 3.05) is 18.5 Å². The van der Waals surface area contributed by atoms with Gasteiger partial charge in [0.15, 0.2) is 0 Å².